The van der Waals surface area contributed by atoms with Crippen molar-refractivity contribution in [3.63, 3.8) is 0 Å². The van der Waals surface area contributed by atoms with Gasteiger partial charge in [-0.1, -0.05) is 48.6 Å². The van der Waals surface area contributed by atoms with Crippen LogP contribution in [0.15, 0.2) is 48.5 Å². The van der Waals surface area contributed by atoms with Crippen LogP contribution < -0.4 is 4.74 Å². The van der Waals surface area contributed by atoms with Crippen LogP contribution >= 0.6 is 0 Å². The Bertz CT molecular complexity index is 612. The Morgan fingerprint density at radius 1 is 1.05 bits per heavy atom. The summed E-state index contributed by atoms with van der Waals surface area (Å²) in [6.07, 6.45) is 3.96. The fourth-order valence-corrected chi connectivity index (χ4v) is 1.85. The molecule has 0 aliphatic carbocycles. The second kappa shape index (κ2) is 6.01. The monoisotopic (exact) mass is 252 g/mol. The van der Waals surface area contributed by atoms with Gasteiger partial charge in [0, 0.05) is 11.1 Å². The molecule has 19 heavy (non-hydrogen) atoms. The summed E-state index contributed by atoms with van der Waals surface area (Å²) in [5.41, 5.74) is 2.74. The topological polar surface area (TPSA) is 26.3 Å². The third kappa shape index (κ3) is 3.32. The first-order valence-electron chi connectivity index (χ1n) is 6.13. The highest BCUT2D eigenvalue weighted by atomic mass is 16.5. The molecule has 2 rings (SSSR count). The van der Waals surface area contributed by atoms with Gasteiger partial charge in [-0.25, -0.2) is 0 Å². The molecule has 0 N–H and O–H groups in total. The first-order valence-corrected chi connectivity index (χ1v) is 6.13. The molecule has 0 saturated heterocycles. The summed E-state index contributed by atoms with van der Waals surface area (Å²) in [7, 11) is 1.66. The van der Waals surface area contributed by atoms with Gasteiger partial charge in [0.2, 0.25) is 0 Å². The van der Waals surface area contributed by atoms with Crippen molar-refractivity contribution in [1.82, 2.24) is 0 Å². The lowest BCUT2D eigenvalue weighted by Crippen LogP contribution is -1.91. The standard InChI is InChI=1S/C17H16O2/c1-13(18)16-8-5-6-14(12-16)10-11-15-7-3-4-9-17(15)19-2/h3-12H,1-2H3/b11-10+. The number of Topliss-reactive ketones (excluding diaryl/α,β-unsaturated/α-hetero) is 1. The molecule has 0 saturated carbocycles. The molecule has 0 radical (unpaired) electrons. The van der Waals surface area contributed by atoms with Gasteiger partial charge in [-0.05, 0) is 24.6 Å². The van der Waals surface area contributed by atoms with E-state index in [0.29, 0.717) is 0 Å². The molecule has 0 aromatic heterocycles. The van der Waals surface area contributed by atoms with Crippen molar-refractivity contribution in [3.8, 4) is 5.75 Å². The minimum absolute atomic E-state index is 0.0764. The van der Waals surface area contributed by atoms with Gasteiger partial charge in [-0.15, -0.1) is 0 Å². The number of rotatable bonds is 4. The highest BCUT2D eigenvalue weighted by Gasteiger charge is 1.99. The van der Waals surface area contributed by atoms with E-state index in [-0.39, 0.29) is 5.78 Å². The third-order valence-electron chi connectivity index (χ3n) is 2.89. The van der Waals surface area contributed by atoms with E-state index in [1.54, 1.807) is 14.0 Å². The second-order valence-electron chi connectivity index (χ2n) is 4.26. The number of benzene rings is 2. The van der Waals surface area contributed by atoms with Crippen LogP contribution in [0, 0.1) is 0 Å². The molecule has 0 amide bonds. The lowest BCUT2D eigenvalue weighted by Gasteiger charge is -2.03. The van der Waals surface area contributed by atoms with Gasteiger partial charge in [0.1, 0.15) is 5.75 Å². The van der Waals surface area contributed by atoms with Crippen LogP contribution in [-0.2, 0) is 0 Å². The Balaban J connectivity index is 2.27. The average Bonchev–Trinajstić information content (AvgIpc) is 2.45. The van der Waals surface area contributed by atoms with Crippen LogP contribution in [0.3, 0.4) is 0 Å². The normalized spacial score (nSPS) is 10.6. The highest BCUT2D eigenvalue weighted by molar-refractivity contribution is 5.94. The number of para-hydroxylation sites is 1. The fourth-order valence-electron chi connectivity index (χ4n) is 1.85. The van der Waals surface area contributed by atoms with Crippen molar-refractivity contribution in [2.45, 2.75) is 6.92 Å². The van der Waals surface area contributed by atoms with Crippen LogP contribution in [0.4, 0.5) is 0 Å². The maximum atomic E-state index is 11.3. The molecule has 0 atom stereocenters. The maximum Gasteiger partial charge on any atom is 0.159 e. The average molecular weight is 252 g/mol. The van der Waals surface area contributed by atoms with E-state index in [0.717, 1.165) is 22.4 Å². The van der Waals surface area contributed by atoms with Gasteiger partial charge >= 0.3 is 0 Å². The first-order chi connectivity index (χ1) is 9.20. The zero-order chi connectivity index (χ0) is 13.7. The number of ether oxygens (including phenoxy) is 1. The van der Waals surface area contributed by atoms with Gasteiger partial charge in [-0.2, -0.15) is 0 Å². The van der Waals surface area contributed by atoms with Crippen molar-refractivity contribution in [3.05, 3.63) is 65.2 Å². The van der Waals surface area contributed by atoms with E-state index in [1.165, 1.54) is 0 Å². The van der Waals surface area contributed by atoms with Gasteiger partial charge in [0.15, 0.2) is 5.78 Å². The molecule has 2 aromatic rings. The van der Waals surface area contributed by atoms with E-state index < -0.39 is 0 Å². The SMILES string of the molecule is COc1ccccc1/C=C/c1cccc(C(C)=O)c1. The molecule has 0 heterocycles. The van der Waals surface area contributed by atoms with Crippen LogP contribution in [0.5, 0.6) is 5.75 Å². The van der Waals surface area contributed by atoms with E-state index in [4.69, 9.17) is 4.74 Å². The number of methoxy groups -OCH3 is 1. The van der Waals surface area contributed by atoms with Gasteiger partial charge in [0.05, 0.1) is 7.11 Å². The van der Waals surface area contributed by atoms with E-state index in [1.807, 2.05) is 60.7 Å². The largest absolute Gasteiger partial charge is 0.496 e. The molecule has 0 aliphatic rings. The van der Waals surface area contributed by atoms with E-state index in [9.17, 15) is 4.79 Å². The van der Waals surface area contributed by atoms with Crippen molar-refractivity contribution < 1.29 is 9.53 Å². The summed E-state index contributed by atoms with van der Waals surface area (Å²) in [6, 6.07) is 15.4. The zero-order valence-corrected chi connectivity index (χ0v) is 11.1. The molecule has 2 aromatic carbocycles. The molecule has 0 bridgehead atoms. The Labute approximate surface area is 113 Å². The quantitative estimate of drug-likeness (QED) is 0.605. The maximum absolute atomic E-state index is 11.3. The van der Waals surface area contributed by atoms with Crippen molar-refractivity contribution in [2.75, 3.05) is 7.11 Å². The lowest BCUT2D eigenvalue weighted by molar-refractivity contribution is 0.101. The number of hydrogen-bond donors (Lipinski definition) is 0. The van der Waals surface area contributed by atoms with Crippen LogP contribution in [0.2, 0.25) is 0 Å². The molecule has 96 valence electrons. The van der Waals surface area contributed by atoms with Crippen LogP contribution in [0.25, 0.3) is 12.2 Å². The Morgan fingerprint density at radius 2 is 1.84 bits per heavy atom. The number of hydrogen-bond acceptors (Lipinski definition) is 2. The molecule has 0 aliphatic heterocycles. The van der Waals surface area contributed by atoms with Gasteiger partial charge < -0.3 is 4.74 Å². The third-order valence-corrected chi connectivity index (χ3v) is 2.89. The first kappa shape index (κ1) is 13.1. The van der Waals surface area contributed by atoms with Crippen molar-refractivity contribution in [2.24, 2.45) is 0 Å². The number of carbonyl (C=O) groups is 1. The summed E-state index contributed by atoms with van der Waals surface area (Å²) < 4.78 is 5.29. The summed E-state index contributed by atoms with van der Waals surface area (Å²) >= 11 is 0. The van der Waals surface area contributed by atoms with Crippen molar-refractivity contribution in [1.29, 1.82) is 0 Å². The zero-order valence-electron chi connectivity index (χ0n) is 11.1. The molecular weight excluding hydrogens is 236 g/mol. The minimum atomic E-state index is 0.0764. The lowest BCUT2D eigenvalue weighted by atomic mass is 10.1. The Kier molecular flexibility index (Phi) is 4.14. The summed E-state index contributed by atoms with van der Waals surface area (Å²) in [4.78, 5) is 11.3. The number of carbonyl (C=O) groups excluding carboxylic acids is 1. The van der Waals surface area contributed by atoms with E-state index in [2.05, 4.69) is 0 Å². The summed E-state index contributed by atoms with van der Waals surface area (Å²) in [5.74, 6) is 0.911. The summed E-state index contributed by atoms with van der Waals surface area (Å²) in [6.45, 7) is 1.57. The van der Waals surface area contributed by atoms with Crippen LogP contribution in [-0.4, -0.2) is 12.9 Å². The predicted octanol–water partition coefficient (Wildman–Crippen LogP) is 4.07. The predicted molar refractivity (Wildman–Crippen MR) is 78.4 cm³/mol. The second-order valence-corrected chi connectivity index (χ2v) is 4.26. The van der Waals surface area contributed by atoms with E-state index >= 15 is 0 Å². The Morgan fingerprint density at radius 3 is 2.58 bits per heavy atom. The van der Waals surface area contributed by atoms with Crippen LogP contribution in [0.1, 0.15) is 28.4 Å². The molecule has 0 fully saturated rings. The highest BCUT2D eigenvalue weighted by Crippen LogP contribution is 2.20. The van der Waals surface area contributed by atoms with Crippen molar-refractivity contribution >= 4 is 17.9 Å². The van der Waals surface area contributed by atoms with Gasteiger partial charge in [-0.3, -0.25) is 4.79 Å². The smallest absolute Gasteiger partial charge is 0.159 e. The molecule has 2 nitrogen and oxygen atoms in total. The number of ketones is 1. The van der Waals surface area contributed by atoms with Gasteiger partial charge in [0.25, 0.3) is 0 Å². The Hall–Kier alpha value is -2.35. The minimum Gasteiger partial charge on any atom is -0.496 e. The fraction of sp³-hybridized carbons (Fsp3) is 0.118. The molecule has 2 heteroatoms. The summed E-state index contributed by atoms with van der Waals surface area (Å²) in [5, 5.41) is 0. The molecule has 0 spiro atoms. The molecule has 0 unspecified atom stereocenters. The molecular formula is C17H16O2.